The molecule has 0 radical (unpaired) electrons. The molecule has 0 bridgehead atoms. The van der Waals surface area contributed by atoms with E-state index in [-0.39, 0.29) is 11.6 Å². The molecular formula is C12H23N3O3Si. The van der Waals surface area contributed by atoms with Gasteiger partial charge in [0.1, 0.15) is 18.0 Å². The van der Waals surface area contributed by atoms with Gasteiger partial charge in [0.2, 0.25) is 0 Å². The smallest absolute Gasteiger partial charge is 0.325 e. The molecule has 0 aliphatic heterocycles. The van der Waals surface area contributed by atoms with Crippen molar-refractivity contribution in [3.63, 3.8) is 0 Å². The van der Waals surface area contributed by atoms with Crippen LogP contribution < -0.4 is 0 Å². The van der Waals surface area contributed by atoms with E-state index in [1.807, 2.05) is 13.8 Å². The van der Waals surface area contributed by atoms with E-state index in [0.717, 1.165) is 0 Å². The van der Waals surface area contributed by atoms with E-state index in [2.05, 4.69) is 30.9 Å². The van der Waals surface area contributed by atoms with Gasteiger partial charge in [0.05, 0.1) is 0 Å². The van der Waals surface area contributed by atoms with Crippen LogP contribution in [0.25, 0.3) is 0 Å². The van der Waals surface area contributed by atoms with E-state index in [1.165, 1.54) is 4.68 Å². The number of nitrogens with zero attached hydrogens (tertiary/aromatic N) is 3. The Hall–Kier alpha value is -1.21. The van der Waals surface area contributed by atoms with Crippen molar-refractivity contribution in [1.82, 2.24) is 14.8 Å². The number of rotatable bonds is 5. The zero-order chi connectivity index (χ0) is 14.8. The van der Waals surface area contributed by atoms with Gasteiger partial charge in [0, 0.05) is 0 Å². The Morgan fingerprint density at radius 2 is 1.95 bits per heavy atom. The molecule has 19 heavy (non-hydrogen) atoms. The van der Waals surface area contributed by atoms with E-state index in [0.29, 0.717) is 11.6 Å². The number of aromatic nitrogens is 3. The van der Waals surface area contributed by atoms with Gasteiger partial charge in [-0.05, 0) is 25.8 Å². The number of aryl methyl sites for hydroxylation is 1. The molecule has 0 fully saturated rings. The highest BCUT2D eigenvalue weighted by Crippen LogP contribution is 2.28. The maximum Gasteiger partial charge on any atom is 0.325 e. The Kier molecular flexibility index (Phi) is 4.52. The molecule has 1 rings (SSSR count). The summed E-state index contributed by atoms with van der Waals surface area (Å²) < 4.78 is 7.45. The normalized spacial score (nSPS) is 13.4. The van der Waals surface area contributed by atoms with Gasteiger partial charge in [-0.25, -0.2) is 9.67 Å². The summed E-state index contributed by atoms with van der Waals surface area (Å²) in [5.74, 6) is 0.199. The first-order chi connectivity index (χ1) is 8.51. The Bertz CT molecular complexity index is 463. The lowest BCUT2D eigenvalue weighted by molar-refractivity contribution is -0.138. The van der Waals surface area contributed by atoms with Gasteiger partial charge < -0.3 is 9.53 Å². The monoisotopic (exact) mass is 285 g/mol. The van der Waals surface area contributed by atoms with Crippen LogP contribution >= 0.6 is 0 Å². The highest BCUT2D eigenvalue weighted by atomic mass is 28.2. The summed E-state index contributed by atoms with van der Waals surface area (Å²) in [5, 5.41) is 13.2. The molecule has 1 aromatic heterocycles. The summed E-state index contributed by atoms with van der Waals surface area (Å²) in [6, 6.07) is 0. The van der Waals surface area contributed by atoms with Crippen molar-refractivity contribution < 1.29 is 14.3 Å². The van der Waals surface area contributed by atoms with Crippen molar-refractivity contribution in [2.75, 3.05) is 0 Å². The van der Waals surface area contributed by atoms with Gasteiger partial charge >= 0.3 is 5.97 Å². The predicted molar refractivity (Wildman–Crippen MR) is 74.8 cm³/mol. The molecule has 0 atom stereocenters. The second kappa shape index (κ2) is 5.42. The summed E-state index contributed by atoms with van der Waals surface area (Å²) >= 11 is 0. The molecular weight excluding hydrogens is 262 g/mol. The maximum atomic E-state index is 10.9. The third kappa shape index (κ3) is 4.75. The number of hydrogen-bond donors (Lipinski definition) is 1. The quantitative estimate of drug-likeness (QED) is 0.823. The van der Waals surface area contributed by atoms with Gasteiger partial charge in [-0.15, -0.1) is 0 Å². The fraction of sp³-hybridized carbons (Fsp3) is 0.750. The van der Waals surface area contributed by atoms with Crippen molar-refractivity contribution in [1.29, 1.82) is 0 Å². The predicted octanol–water partition coefficient (Wildman–Crippen LogP) is 1.23. The van der Waals surface area contributed by atoms with Crippen molar-refractivity contribution in [2.24, 2.45) is 0 Å². The first-order valence-electron chi connectivity index (χ1n) is 6.29. The third-order valence-electron chi connectivity index (χ3n) is 2.47. The molecule has 7 heteroatoms. The lowest BCUT2D eigenvalue weighted by atomic mass is 10.1. The molecule has 0 spiro atoms. The molecule has 1 aromatic rings. The number of hydrogen-bond acceptors (Lipinski definition) is 4. The lowest BCUT2D eigenvalue weighted by Gasteiger charge is -2.29. The Morgan fingerprint density at radius 1 is 1.37 bits per heavy atom. The van der Waals surface area contributed by atoms with E-state index in [9.17, 15) is 4.79 Å². The van der Waals surface area contributed by atoms with Crippen molar-refractivity contribution in [3.05, 3.63) is 11.6 Å². The Balaban J connectivity index is 2.96. The number of carboxylic acid groups (broad SMARTS) is 1. The molecule has 0 aromatic carbocycles. The molecule has 0 aliphatic rings. The Labute approximate surface area is 116 Å². The van der Waals surface area contributed by atoms with Crippen LogP contribution in [0.3, 0.4) is 0 Å². The van der Waals surface area contributed by atoms with E-state index in [4.69, 9.17) is 9.53 Å². The summed E-state index contributed by atoms with van der Waals surface area (Å²) in [5.41, 5.74) is -0.615. The van der Waals surface area contributed by atoms with Crippen LogP contribution in [0, 0.1) is 6.92 Å². The number of aliphatic carboxylic acids is 1. The molecule has 0 amide bonds. The largest absolute Gasteiger partial charge is 0.480 e. The maximum absolute atomic E-state index is 10.9. The molecule has 1 N–H and O–H groups in total. The zero-order valence-electron chi connectivity index (χ0n) is 12.5. The average molecular weight is 285 g/mol. The summed E-state index contributed by atoms with van der Waals surface area (Å²) in [4.78, 5) is 15.2. The molecule has 0 unspecified atom stereocenters. The zero-order valence-corrected chi connectivity index (χ0v) is 13.9. The van der Waals surface area contributed by atoms with Gasteiger partial charge in [-0.3, -0.25) is 4.79 Å². The summed E-state index contributed by atoms with van der Waals surface area (Å²) in [7, 11) is -0.761. The minimum absolute atomic E-state index is 0.171. The average Bonchev–Trinajstić information content (AvgIpc) is 2.55. The number of carbonyl (C=O) groups is 1. The van der Waals surface area contributed by atoms with Crippen LogP contribution in [0.2, 0.25) is 5.04 Å². The lowest BCUT2D eigenvalue weighted by Crippen LogP contribution is -2.32. The van der Waals surface area contributed by atoms with Crippen molar-refractivity contribution in [3.8, 4) is 0 Å². The minimum Gasteiger partial charge on any atom is -0.480 e. The van der Waals surface area contributed by atoms with E-state index in [1.54, 1.807) is 6.92 Å². The van der Waals surface area contributed by atoms with Crippen LogP contribution in [-0.2, 0) is 21.4 Å². The summed E-state index contributed by atoms with van der Waals surface area (Å²) in [6.07, 6.45) is 0. The minimum atomic E-state index is -0.935. The van der Waals surface area contributed by atoms with Crippen LogP contribution in [0.5, 0.6) is 0 Å². The molecule has 0 saturated carbocycles. The highest BCUT2D eigenvalue weighted by Gasteiger charge is 2.30. The second-order valence-electron chi connectivity index (χ2n) is 6.39. The third-order valence-corrected chi connectivity index (χ3v) is 4.20. The van der Waals surface area contributed by atoms with Gasteiger partial charge in [0.25, 0.3) is 0 Å². The molecule has 1 heterocycles. The van der Waals surface area contributed by atoms with Crippen molar-refractivity contribution >= 4 is 15.7 Å². The molecule has 0 saturated heterocycles. The van der Waals surface area contributed by atoms with Crippen LogP contribution in [0.15, 0.2) is 0 Å². The summed E-state index contributed by atoms with van der Waals surface area (Å²) in [6.45, 7) is 11.8. The van der Waals surface area contributed by atoms with E-state index >= 15 is 0 Å². The van der Waals surface area contributed by atoms with E-state index < -0.39 is 21.3 Å². The van der Waals surface area contributed by atoms with Crippen LogP contribution in [-0.4, -0.2) is 35.6 Å². The van der Waals surface area contributed by atoms with Crippen molar-refractivity contribution in [2.45, 2.75) is 58.7 Å². The molecule has 108 valence electrons. The second-order valence-corrected chi connectivity index (χ2v) is 9.09. The molecule has 6 nitrogen and oxygen atoms in total. The van der Waals surface area contributed by atoms with Gasteiger partial charge in [-0.2, -0.15) is 5.10 Å². The van der Waals surface area contributed by atoms with Gasteiger partial charge in [-0.1, -0.05) is 20.8 Å². The molecule has 0 aliphatic carbocycles. The van der Waals surface area contributed by atoms with Crippen LogP contribution in [0.4, 0.5) is 0 Å². The first kappa shape index (κ1) is 15.8. The number of carboxylic acids is 1. The fourth-order valence-corrected chi connectivity index (χ4v) is 2.52. The van der Waals surface area contributed by atoms with Gasteiger partial charge in [0.15, 0.2) is 15.6 Å². The van der Waals surface area contributed by atoms with Crippen LogP contribution in [0.1, 0.15) is 46.3 Å². The fourth-order valence-electron chi connectivity index (χ4n) is 1.60. The first-order valence-corrected chi connectivity index (χ1v) is 7.57. The SMILES string of the molecule is Cc1nc(C(C)(C)O[SiH2]C(C)(C)C)n(CC(=O)O)n1. The Morgan fingerprint density at radius 3 is 2.42 bits per heavy atom. The topological polar surface area (TPSA) is 77.2 Å². The standard InChI is InChI=1S/C12H23N3O3Si/c1-8-13-10(15(14-8)7-9(16)17)12(5,6)18-19-11(2,3)4/h7,19H2,1-6H3,(H,16,17). The highest BCUT2D eigenvalue weighted by molar-refractivity contribution is 6.31.